The van der Waals surface area contributed by atoms with Gasteiger partial charge in [-0.15, -0.1) is 0 Å². The van der Waals surface area contributed by atoms with Crippen LogP contribution in [0, 0.1) is 0 Å². The lowest BCUT2D eigenvalue weighted by atomic mass is 10.2. The molecule has 1 aromatic heterocycles. The Morgan fingerprint density at radius 1 is 1.54 bits per heavy atom. The third kappa shape index (κ3) is 1.91. The van der Waals surface area contributed by atoms with Gasteiger partial charge >= 0.3 is 0 Å². The average molecular weight is 182 g/mol. The Kier molecular flexibility index (Phi) is 3.48. The summed E-state index contributed by atoms with van der Waals surface area (Å²) in [5.74, 6) is 0. The Labute approximate surface area is 79.4 Å². The number of rotatable bonds is 4. The lowest BCUT2D eigenvalue weighted by Crippen LogP contribution is -2.09. The minimum absolute atomic E-state index is 0.0968. The van der Waals surface area contributed by atoms with Gasteiger partial charge in [-0.05, 0) is 19.8 Å². The Hall–Kier alpha value is -0.830. The van der Waals surface area contributed by atoms with Crippen molar-refractivity contribution in [3.05, 3.63) is 17.5 Å². The highest BCUT2D eigenvalue weighted by molar-refractivity contribution is 5.17. The van der Waals surface area contributed by atoms with Crippen molar-refractivity contribution in [1.29, 1.82) is 0 Å². The van der Waals surface area contributed by atoms with Gasteiger partial charge in [0.05, 0.1) is 12.8 Å². The Bertz CT molecular complexity index is 268. The molecule has 0 fully saturated rings. The van der Waals surface area contributed by atoms with Crippen LogP contribution in [0.2, 0.25) is 0 Å². The standard InChI is InChI=1S/C10H18N2O/c1-4-8(3)12-10(5-2)9(7-13)6-11-12/h6,8,13H,4-5,7H2,1-3H3. The van der Waals surface area contributed by atoms with Gasteiger partial charge in [-0.2, -0.15) is 5.10 Å². The molecule has 1 N–H and O–H groups in total. The van der Waals surface area contributed by atoms with E-state index in [4.69, 9.17) is 5.11 Å². The molecule has 1 rings (SSSR count). The summed E-state index contributed by atoms with van der Waals surface area (Å²) in [7, 11) is 0. The van der Waals surface area contributed by atoms with Crippen molar-refractivity contribution in [3.63, 3.8) is 0 Å². The Morgan fingerprint density at radius 3 is 2.69 bits per heavy atom. The van der Waals surface area contributed by atoms with Crippen molar-refractivity contribution in [3.8, 4) is 0 Å². The lowest BCUT2D eigenvalue weighted by molar-refractivity contribution is 0.280. The highest BCUT2D eigenvalue weighted by atomic mass is 16.3. The fraction of sp³-hybridized carbons (Fsp3) is 0.700. The van der Waals surface area contributed by atoms with Gasteiger partial charge in [0.15, 0.2) is 0 Å². The van der Waals surface area contributed by atoms with Crippen molar-refractivity contribution < 1.29 is 5.11 Å². The van der Waals surface area contributed by atoms with Gasteiger partial charge in [0.2, 0.25) is 0 Å². The van der Waals surface area contributed by atoms with Crippen molar-refractivity contribution in [1.82, 2.24) is 9.78 Å². The van der Waals surface area contributed by atoms with Crippen LogP contribution in [0.4, 0.5) is 0 Å². The molecule has 0 radical (unpaired) electrons. The normalized spacial score (nSPS) is 13.2. The Balaban J connectivity index is 3.00. The lowest BCUT2D eigenvalue weighted by Gasteiger charge is -2.13. The zero-order chi connectivity index (χ0) is 9.84. The molecule has 1 heterocycles. The van der Waals surface area contributed by atoms with Gasteiger partial charge in [-0.3, -0.25) is 4.68 Å². The van der Waals surface area contributed by atoms with E-state index < -0.39 is 0 Å². The van der Waals surface area contributed by atoms with Gasteiger partial charge in [0.25, 0.3) is 0 Å². The van der Waals surface area contributed by atoms with Crippen molar-refractivity contribution in [2.24, 2.45) is 0 Å². The van der Waals surface area contributed by atoms with Crippen LogP contribution in [0.15, 0.2) is 6.20 Å². The minimum atomic E-state index is 0.0968. The smallest absolute Gasteiger partial charge is 0.0715 e. The van der Waals surface area contributed by atoms with E-state index in [1.165, 1.54) is 0 Å². The van der Waals surface area contributed by atoms with E-state index in [9.17, 15) is 0 Å². The van der Waals surface area contributed by atoms with E-state index in [0.29, 0.717) is 6.04 Å². The molecular formula is C10H18N2O. The first-order valence-electron chi connectivity index (χ1n) is 4.90. The predicted octanol–water partition coefficient (Wildman–Crippen LogP) is 1.91. The van der Waals surface area contributed by atoms with E-state index in [0.717, 1.165) is 24.1 Å². The molecule has 0 bridgehead atoms. The topological polar surface area (TPSA) is 38.1 Å². The summed E-state index contributed by atoms with van der Waals surface area (Å²) >= 11 is 0. The van der Waals surface area contributed by atoms with Crippen LogP contribution in [0.5, 0.6) is 0 Å². The molecule has 0 aromatic carbocycles. The van der Waals surface area contributed by atoms with Gasteiger partial charge in [0.1, 0.15) is 0 Å². The van der Waals surface area contributed by atoms with Gasteiger partial charge in [-0.25, -0.2) is 0 Å². The van der Waals surface area contributed by atoms with Crippen molar-refractivity contribution >= 4 is 0 Å². The summed E-state index contributed by atoms with van der Waals surface area (Å²) < 4.78 is 2.02. The van der Waals surface area contributed by atoms with E-state index in [1.54, 1.807) is 6.20 Å². The maximum absolute atomic E-state index is 9.06. The summed E-state index contributed by atoms with van der Waals surface area (Å²) in [5.41, 5.74) is 2.12. The number of aliphatic hydroxyl groups excluding tert-OH is 1. The molecule has 0 aliphatic rings. The summed E-state index contributed by atoms with van der Waals surface area (Å²) in [6.45, 7) is 6.48. The van der Waals surface area contributed by atoms with Crippen molar-refractivity contribution in [2.75, 3.05) is 0 Å². The molecule has 1 unspecified atom stereocenters. The molecule has 0 aliphatic heterocycles. The summed E-state index contributed by atoms with van der Waals surface area (Å²) in [6, 6.07) is 0.426. The van der Waals surface area contributed by atoms with Crippen LogP contribution in [-0.4, -0.2) is 14.9 Å². The highest BCUT2D eigenvalue weighted by Crippen LogP contribution is 2.16. The number of hydrogen-bond acceptors (Lipinski definition) is 2. The van der Waals surface area contributed by atoms with Crippen LogP contribution in [0.3, 0.4) is 0 Å². The second-order valence-corrected chi connectivity index (χ2v) is 3.33. The molecule has 3 heteroatoms. The minimum Gasteiger partial charge on any atom is -0.392 e. The first-order chi connectivity index (χ1) is 6.24. The van der Waals surface area contributed by atoms with E-state index in [-0.39, 0.29) is 6.61 Å². The monoisotopic (exact) mass is 182 g/mol. The molecule has 3 nitrogen and oxygen atoms in total. The quantitative estimate of drug-likeness (QED) is 0.772. The molecule has 74 valence electrons. The molecule has 0 aliphatic carbocycles. The Morgan fingerprint density at radius 2 is 2.23 bits per heavy atom. The van der Waals surface area contributed by atoms with E-state index in [2.05, 4.69) is 25.9 Å². The molecule has 1 atom stereocenters. The third-order valence-electron chi connectivity index (χ3n) is 2.50. The second kappa shape index (κ2) is 4.42. The maximum atomic E-state index is 9.06. The van der Waals surface area contributed by atoms with Crippen molar-refractivity contribution in [2.45, 2.75) is 46.3 Å². The zero-order valence-corrected chi connectivity index (χ0v) is 8.62. The molecule has 0 saturated heterocycles. The van der Waals surface area contributed by atoms with E-state index in [1.807, 2.05) is 4.68 Å². The number of hydrogen-bond donors (Lipinski definition) is 1. The first-order valence-corrected chi connectivity index (χ1v) is 4.90. The highest BCUT2D eigenvalue weighted by Gasteiger charge is 2.11. The SMILES string of the molecule is CCc1c(CO)cnn1C(C)CC. The van der Waals surface area contributed by atoms with Crippen LogP contribution in [0.25, 0.3) is 0 Å². The third-order valence-corrected chi connectivity index (χ3v) is 2.50. The second-order valence-electron chi connectivity index (χ2n) is 3.33. The predicted molar refractivity (Wildman–Crippen MR) is 52.5 cm³/mol. The number of aliphatic hydroxyl groups is 1. The van der Waals surface area contributed by atoms with Gasteiger partial charge in [0, 0.05) is 17.3 Å². The molecule has 0 amide bonds. The largest absolute Gasteiger partial charge is 0.392 e. The maximum Gasteiger partial charge on any atom is 0.0715 e. The summed E-state index contributed by atoms with van der Waals surface area (Å²) in [4.78, 5) is 0. The zero-order valence-electron chi connectivity index (χ0n) is 8.62. The summed E-state index contributed by atoms with van der Waals surface area (Å²) in [5, 5.41) is 13.3. The fourth-order valence-electron chi connectivity index (χ4n) is 1.50. The van der Waals surface area contributed by atoms with Crippen LogP contribution in [-0.2, 0) is 13.0 Å². The van der Waals surface area contributed by atoms with Crippen LogP contribution in [0.1, 0.15) is 44.5 Å². The first kappa shape index (κ1) is 10.3. The molecule has 1 aromatic rings. The number of nitrogens with zero attached hydrogens (tertiary/aromatic N) is 2. The van der Waals surface area contributed by atoms with Crippen LogP contribution >= 0.6 is 0 Å². The average Bonchev–Trinajstić information content (AvgIpc) is 2.58. The fourth-order valence-corrected chi connectivity index (χ4v) is 1.50. The molecule has 0 saturated carbocycles. The van der Waals surface area contributed by atoms with Gasteiger partial charge in [-0.1, -0.05) is 13.8 Å². The number of aromatic nitrogens is 2. The van der Waals surface area contributed by atoms with E-state index >= 15 is 0 Å². The molecular weight excluding hydrogens is 164 g/mol. The van der Waals surface area contributed by atoms with Crippen LogP contribution < -0.4 is 0 Å². The summed E-state index contributed by atoms with van der Waals surface area (Å²) in [6.07, 6.45) is 3.77. The van der Waals surface area contributed by atoms with Gasteiger partial charge < -0.3 is 5.11 Å². The molecule has 13 heavy (non-hydrogen) atoms. The molecule has 0 spiro atoms.